The summed E-state index contributed by atoms with van der Waals surface area (Å²) in [6.07, 6.45) is 1.99. The molecule has 0 atom stereocenters. The molecular weight excluding hydrogens is 198 g/mol. The van der Waals surface area contributed by atoms with Crippen LogP contribution in [0.1, 0.15) is 42.6 Å². The fraction of sp³-hybridized carbons (Fsp3) is 0.429. The second kappa shape index (κ2) is 6.31. The van der Waals surface area contributed by atoms with Crippen molar-refractivity contribution in [3.8, 4) is 0 Å². The third-order valence-electron chi connectivity index (χ3n) is 2.45. The molecule has 0 saturated carbocycles. The molecule has 0 unspecified atom stereocenters. The second-order valence-electron chi connectivity index (χ2n) is 3.99. The maximum Gasteiger partial charge on any atom is 0.253 e. The SMILES string of the molecule is [CH2]c1cccc(C(=O)N(CCC)CCC)c1. The van der Waals surface area contributed by atoms with Crippen LogP contribution in [0, 0.1) is 6.92 Å². The molecule has 87 valence electrons. The van der Waals surface area contributed by atoms with E-state index in [4.69, 9.17) is 0 Å². The summed E-state index contributed by atoms with van der Waals surface area (Å²) >= 11 is 0. The summed E-state index contributed by atoms with van der Waals surface area (Å²) < 4.78 is 0. The summed E-state index contributed by atoms with van der Waals surface area (Å²) in [4.78, 5) is 14.1. The minimum Gasteiger partial charge on any atom is -0.339 e. The molecule has 1 radical (unpaired) electrons. The fourth-order valence-electron chi connectivity index (χ4n) is 1.74. The molecule has 0 spiro atoms. The van der Waals surface area contributed by atoms with Crippen molar-refractivity contribution >= 4 is 5.91 Å². The number of benzene rings is 1. The normalized spacial score (nSPS) is 10.2. The van der Waals surface area contributed by atoms with E-state index in [0.717, 1.165) is 37.1 Å². The van der Waals surface area contributed by atoms with Gasteiger partial charge in [0.25, 0.3) is 5.91 Å². The van der Waals surface area contributed by atoms with E-state index in [1.165, 1.54) is 0 Å². The zero-order valence-electron chi connectivity index (χ0n) is 10.2. The summed E-state index contributed by atoms with van der Waals surface area (Å²) in [6, 6.07) is 7.49. The summed E-state index contributed by atoms with van der Waals surface area (Å²) in [5.74, 6) is 0.120. The Bertz CT molecular complexity index is 340. The second-order valence-corrected chi connectivity index (χ2v) is 3.99. The number of nitrogens with zero attached hydrogens (tertiary/aromatic N) is 1. The van der Waals surface area contributed by atoms with E-state index in [2.05, 4.69) is 20.8 Å². The molecule has 1 aromatic rings. The van der Waals surface area contributed by atoms with Crippen LogP contribution in [-0.4, -0.2) is 23.9 Å². The third kappa shape index (κ3) is 3.37. The fourth-order valence-corrected chi connectivity index (χ4v) is 1.74. The van der Waals surface area contributed by atoms with Crippen LogP contribution in [0.4, 0.5) is 0 Å². The first-order chi connectivity index (χ1) is 7.69. The van der Waals surface area contributed by atoms with Crippen LogP contribution < -0.4 is 0 Å². The zero-order valence-corrected chi connectivity index (χ0v) is 10.2. The Morgan fingerprint density at radius 3 is 2.38 bits per heavy atom. The van der Waals surface area contributed by atoms with Crippen molar-refractivity contribution in [3.63, 3.8) is 0 Å². The van der Waals surface area contributed by atoms with Crippen molar-refractivity contribution in [1.29, 1.82) is 0 Å². The van der Waals surface area contributed by atoms with Crippen LogP contribution in [0.25, 0.3) is 0 Å². The largest absolute Gasteiger partial charge is 0.339 e. The van der Waals surface area contributed by atoms with Crippen LogP contribution in [-0.2, 0) is 0 Å². The molecule has 0 aliphatic heterocycles. The van der Waals surface area contributed by atoms with E-state index < -0.39 is 0 Å². The lowest BCUT2D eigenvalue weighted by Crippen LogP contribution is -2.32. The molecule has 0 bridgehead atoms. The van der Waals surface area contributed by atoms with Gasteiger partial charge < -0.3 is 4.90 Å². The lowest BCUT2D eigenvalue weighted by atomic mass is 10.1. The first-order valence-electron chi connectivity index (χ1n) is 5.90. The van der Waals surface area contributed by atoms with Gasteiger partial charge in [0.15, 0.2) is 0 Å². The van der Waals surface area contributed by atoms with Crippen molar-refractivity contribution in [1.82, 2.24) is 4.90 Å². The van der Waals surface area contributed by atoms with Crippen LogP contribution >= 0.6 is 0 Å². The Balaban J connectivity index is 2.81. The molecule has 0 aromatic heterocycles. The van der Waals surface area contributed by atoms with Crippen LogP contribution in [0.3, 0.4) is 0 Å². The number of amides is 1. The first kappa shape index (κ1) is 12.8. The Morgan fingerprint density at radius 1 is 1.25 bits per heavy atom. The van der Waals surface area contributed by atoms with Gasteiger partial charge in [-0.1, -0.05) is 26.0 Å². The highest BCUT2D eigenvalue weighted by atomic mass is 16.2. The predicted octanol–water partition coefficient (Wildman–Crippen LogP) is 3.13. The summed E-state index contributed by atoms with van der Waals surface area (Å²) in [6.45, 7) is 9.68. The maximum absolute atomic E-state index is 12.2. The first-order valence-corrected chi connectivity index (χ1v) is 5.90. The Hall–Kier alpha value is -1.31. The molecule has 0 aliphatic rings. The molecule has 16 heavy (non-hydrogen) atoms. The quantitative estimate of drug-likeness (QED) is 0.743. The topological polar surface area (TPSA) is 20.3 Å². The van der Waals surface area contributed by atoms with Crippen molar-refractivity contribution in [2.45, 2.75) is 26.7 Å². The molecule has 0 fully saturated rings. The Labute approximate surface area is 98.3 Å². The number of carbonyl (C=O) groups excluding carboxylic acids is 1. The van der Waals surface area contributed by atoms with Crippen molar-refractivity contribution in [3.05, 3.63) is 42.3 Å². The van der Waals surface area contributed by atoms with E-state index in [9.17, 15) is 4.79 Å². The van der Waals surface area contributed by atoms with Gasteiger partial charge in [0, 0.05) is 18.7 Å². The number of rotatable bonds is 5. The van der Waals surface area contributed by atoms with E-state index in [1.807, 2.05) is 29.2 Å². The van der Waals surface area contributed by atoms with Crippen LogP contribution in [0.15, 0.2) is 24.3 Å². The van der Waals surface area contributed by atoms with Gasteiger partial charge >= 0.3 is 0 Å². The third-order valence-corrected chi connectivity index (χ3v) is 2.45. The molecule has 2 nitrogen and oxygen atoms in total. The minimum absolute atomic E-state index is 0.120. The molecule has 1 amide bonds. The van der Waals surface area contributed by atoms with Crippen LogP contribution in [0.5, 0.6) is 0 Å². The van der Waals surface area contributed by atoms with E-state index in [-0.39, 0.29) is 5.91 Å². The van der Waals surface area contributed by atoms with Crippen molar-refractivity contribution < 1.29 is 4.79 Å². The lowest BCUT2D eigenvalue weighted by Gasteiger charge is -2.21. The lowest BCUT2D eigenvalue weighted by molar-refractivity contribution is 0.0755. The molecule has 1 aromatic carbocycles. The summed E-state index contributed by atoms with van der Waals surface area (Å²) in [5.41, 5.74) is 1.63. The number of hydrogen-bond donors (Lipinski definition) is 0. The van der Waals surface area contributed by atoms with Gasteiger partial charge in [-0.2, -0.15) is 0 Å². The van der Waals surface area contributed by atoms with Gasteiger partial charge in [0.2, 0.25) is 0 Å². The number of hydrogen-bond acceptors (Lipinski definition) is 1. The van der Waals surface area contributed by atoms with Crippen molar-refractivity contribution in [2.24, 2.45) is 0 Å². The molecule has 0 aliphatic carbocycles. The molecule has 1 rings (SSSR count). The van der Waals surface area contributed by atoms with Gasteiger partial charge in [0.1, 0.15) is 0 Å². The van der Waals surface area contributed by atoms with Gasteiger partial charge in [-0.15, -0.1) is 0 Å². The summed E-state index contributed by atoms with van der Waals surface area (Å²) in [7, 11) is 0. The van der Waals surface area contributed by atoms with Gasteiger partial charge in [-0.3, -0.25) is 4.79 Å². The number of carbonyl (C=O) groups is 1. The average Bonchev–Trinajstić information content (AvgIpc) is 2.28. The molecule has 2 heteroatoms. The van der Waals surface area contributed by atoms with Crippen LogP contribution in [0.2, 0.25) is 0 Å². The Kier molecular flexibility index (Phi) is 5.03. The van der Waals surface area contributed by atoms with Crippen molar-refractivity contribution in [2.75, 3.05) is 13.1 Å². The summed E-state index contributed by atoms with van der Waals surface area (Å²) in [5, 5.41) is 0. The smallest absolute Gasteiger partial charge is 0.253 e. The van der Waals surface area contributed by atoms with E-state index in [0.29, 0.717) is 0 Å². The highest BCUT2D eigenvalue weighted by Crippen LogP contribution is 2.08. The van der Waals surface area contributed by atoms with Gasteiger partial charge in [-0.25, -0.2) is 0 Å². The molecule has 0 N–H and O–H groups in total. The maximum atomic E-state index is 12.2. The molecular formula is C14H20NO. The average molecular weight is 218 g/mol. The highest BCUT2D eigenvalue weighted by Gasteiger charge is 2.13. The molecule has 0 saturated heterocycles. The predicted molar refractivity (Wildman–Crippen MR) is 67.4 cm³/mol. The van der Waals surface area contributed by atoms with E-state index in [1.54, 1.807) is 0 Å². The highest BCUT2D eigenvalue weighted by molar-refractivity contribution is 5.94. The van der Waals surface area contributed by atoms with Gasteiger partial charge in [-0.05, 0) is 37.5 Å². The zero-order chi connectivity index (χ0) is 12.0. The monoisotopic (exact) mass is 218 g/mol. The molecule has 0 heterocycles. The van der Waals surface area contributed by atoms with E-state index >= 15 is 0 Å². The van der Waals surface area contributed by atoms with Gasteiger partial charge in [0.05, 0.1) is 0 Å². The Morgan fingerprint density at radius 2 is 1.88 bits per heavy atom. The minimum atomic E-state index is 0.120. The standard InChI is InChI=1S/C14H20NO/c1-4-9-15(10-5-2)14(16)13-8-6-7-12(3)11-13/h6-8,11H,3-5,9-10H2,1-2H3.